The predicted molar refractivity (Wildman–Crippen MR) is 87.4 cm³/mol. The predicted octanol–water partition coefficient (Wildman–Crippen LogP) is 0.133. The molecule has 23 heavy (non-hydrogen) atoms. The number of halogens is 1. The van der Waals surface area contributed by atoms with Crippen LogP contribution < -0.4 is 27.9 Å². The summed E-state index contributed by atoms with van der Waals surface area (Å²) in [5, 5.41) is 0. The lowest BCUT2D eigenvalue weighted by atomic mass is 10.1. The molecule has 3 aromatic rings. The fourth-order valence-corrected chi connectivity index (χ4v) is 2.30. The third kappa shape index (κ3) is 3.79. The van der Waals surface area contributed by atoms with Crippen molar-refractivity contribution in [1.82, 2.24) is 4.98 Å². The minimum Gasteiger partial charge on any atom is -1.00 e. The lowest BCUT2D eigenvalue weighted by Gasteiger charge is -2.04. The highest BCUT2D eigenvalue weighted by Crippen LogP contribution is 2.24. The first-order valence-electron chi connectivity index (χ1n) is 7.07. The number of hydrogen-bond donors (Lipinski definition) is 1. The van der Waals surface area contributed by atoms with Crippen LogP contribution in [-0.4, -0.2) is 12.1 Å². The third-order valence-electron chi connectivity index (χ3n) is 3.53. The Bertz CT molecular complexity index is 786. The summed E-state index contributed by atoms with van der Waals surface area (Å²) in [5.41, 5.74) is 11.0. The highest BCUT2D eigenvalue weighted by atomic mass is 35.5. The van der Waals surface area contributed by atoms with Crippen molar-refractivity contribution < 1.29 is 22.1 Å². The van der Waals surface area contributed by atoms with Crippen LogP contribution in [-0.2, 0) is 0 Å². The standard InChI is InChI=1S/C18H17N3O.ClH/c1-12-3-5-13(6-4-12)16-11-17(21-18(19)20-16)14-7-9-15(22-2)10-8-14;/h3-11H,1-2H3,(H2,19,20,21);1H. The van der Waals surface area contributed by atoms with E-state index < -0.39 is 0 Å². The normalized spacial score (nSPS) is 10.0. The summed E-state index contributed by atoms with van der Waals surface area (Å²) in [6.07, 6.45) is 0. The van der Waals surface area contributed by atoms with E-state index >= 15 is 0 Å². The van der Waals surface area contributed by atoms with Gasteiger partial charge in [-0.05, 0) is 31.2 Å². The molecule has 0 aliphatic heterocycles. The number of benzene rings is 2. The van der Waals surface area contributed by atoms with Crippen LogP contribution in [0, 0.1) is 6.92 Å². The quantitative estimate of drug-likeness (QED) is 0.744. The Balaban J connectivity index is 0.00000192. The van der Waals surface area contributed by atoms with E-state index in [0.29, 0.717) is 5.95 Å². The molecule has 0 atom stereocenters. The molecule has 0 aliphatic rings. The molecule has 0 spiro atoms. The summed E-state index contributed by atoms with van der Waals surface area (Å²) in [6.45, 7) is 2.06. The molecule has 0 bridgehead atoms. The number of aryl methyl sites for hydroxylation is 1. The van der Waals surface area contributed by atoms with E-state index in [0.717, 1.165) is 28.3 Å². The van der Waals surface area contributed by atoms with Gasteiger partial charge in [0.2, 0.25) is 0 Å². The monoisotopic (exact) mass is 327 g/mol. The summed E-state index contributed by atoms with van der Waals surface area (Å²) < 4.78 is 5.19. The van der Waals surface area contributed by atoms with E-state index in [1.165, 1.54) is 5.56 Å². The van der Waals surface area contributed by atoms with Crippen LogP contribution in [0.1, 0.15) is 5.56 Å². The van der Waals surface area contributed by atoms with E-state index in [-0.39, 0.29) is 12.4 Å². The van der Waals surface area contributed by atoms with E-state index in [9.17, 15) is 0 Å². The van der Waals surface area contributed by atoms with Crippen LogP contribution in [0.15, 0.2) is 54.6 Å². The molecular formula is C18H18ClN3O. The number of nitrogens with two attached hydrogens (primary N) is 1. The van der Waals surface area contributed by atoms with Crippen LogP contribution >= 0.6 is 0 Å². The molecule has 1 heterocycles. The molecule has 3 rings (SSSR count). The van der Waals surface area contributed by atoms with Gasteiger partial charge in [0.25, 0.3) is 0 Å². The summed E-state index contributed by atoms with van der Waals surface area (Å²) in [7, 11) is 1.65. The number of ether oxygens (including phenoxy) is 1. The molecule has 0 unspecified atom stereocenters. The number of nitrogens with zero attached hydrogens (tertiary/aromatic N) is 1. The van der Waals surface area contributed by atoms with Crippen LogP contribution in [0.2, 0.25) is 0 Å². The smallest absolute Gasteiger partial charge is 0.387 e. The molecule has 118 valence electrons. The van der Waals surface area contributed by atoms with Gasteiger partial charge in [0.15, 0.2) is 5.69 Å². The van der Waals surface area contributed by atoms with Crippen LogP contribution in [0.3, 0.4) is 0 Å². The number of methoxy groups -OCH3 is 1. The number of anilines is 1. The number of H-pyrrole nitrogens is 1. The molecule has 5 heteroatoms. The van der Waals surface area contributed by atoms with Gasteiger partial charge in [-0.25, -0.2) is 4.98 Å². The van der Waals surface area contributed by atoms with Gasteiger partial charge in [-0.3, -0.25) is 5.73 Å². The number of hydrogen-bond acceptors (Lipinski definition) is 3. The largest absolute Gasteiger partial charge is 1.00 e. The van der Waals surface area contributed by atoms with Gasteiger partial charge in [-0.2, -0.15) is 0 Å². The van der Waals surface area contributed by atoms with E-state index in [1.54, 1.807) is 7.11 Å². The van der Waals surface area contributed by atoms with E-state index in [4.69, 9.17) is 10.5 Å². The van der Waals surface area contributed by atoms with Crippen LogP contribution in [0.25, 0.3) is 22.5 Å². The second kappa shape index (κ2) is 7.11. The summed E-state index contributed by atoms with van der Waals surface area (Å²) >= 11 is 0. The zero-order valence-corrected chi connectivity index (χ0v) is 13.8. The highest BCUT2D eigenvalue weighted by molar-refractivity contribution is 5.67. The van der Waals surface area contributed by atoms with Gasteiger partial charge >= 0.3 is 5.95 Å². The number of aromatic nitrogens is 2. The van der Waals surface area contributed by atoms with Crippen molar-refractivity contribution in [3.8, 4) is 28.3 Å². The highest BCUT2D eigenvalue weighted by Gasteiger charge is 2.11. The van der Waals surface area contributed by atoms with Crippen LogP contribution in [0.4, 0.5) is 5.95 Å². The molecule has 0 radical (unpaired) electrons. The number of aromatic amines is 1. The van der Waals surface area contributed by atoms with Gasteiger partial charge in [0.1, 0.15) is 11.4 Å². The molecule has 0 saturated heterocycles. The van der Waals surface area contributed by atoms with Gasteiger partial charge in [0, 0.05) is 17.2 Å². The van der Waals surface area contributed by atoms with Crippen molar-refractivity contribution in [2.24, 2.45) is 0 Å². The molecule has 0 aliphatic carbocycles. The minimum absolute atomic E-state index is 0. The Kier molecular flexibility index (Phi) is 5.19. The minimum atomic E-state index is 0. The maximum atomic E-state index is 5.93. The molecular weight excluding hydrogens is 310 g/mol. The molecule has 0 amide bonds. The zero-order chi connectivity index (χ0) is 15.5. The van der Waals surface area contributed by atoms with Crippen molar-refractivity contribution in [2.75, 3.05) is 12.8 Å². The van der Waals surface area contributed by atoms with Crippen molar-refractivity contribution in [1.29, 1.82) is 0 Å². The number of nitrogen functional groups attached to an aromatic ring is 1. The molecule has 4 nitrogen and oxygen atoms in total. The summed E-state index contributed by atoms with van der Waals surface area (Å²) in [5.74, 6) is 1.22. The Hall–Kier alpha value is -2.59. The van der Waals surface area contributed by atoms with Crippen molar-refractivity contribution in [2.45, 2.75) is 6.92 Å². The lowest BCUT2D eigenvalue weighted by molar-refractivity contribution is -0.350. The topological polar surface area (TPSA) is 62.3 Å². The maximum absolute atomic E-state index is 5.93. The number of rotatable bonds is 3. The van der Waals surface area contributed by atoms with Gasteiger partial charge in [-0.1, -0.05) is 34.8 Å². The molecule has 3 N–H and O–H groups in total. The van der Waals surface area contributed by atoms with Crippen molar-refractivity contribution >= 4 is 5.95 Å². The molecule has 0 saturated carbocycles. The number of nitrogens with one attached hydrogen (secondary N) is 1. The molecule has 2 aromatic carbocycles. The van der Waals surface area contributed by atoms with Gasteiger partial charge in [0.05, 0.1) is 7.11 Å². The van der Waals surface area contributed by atoms with Crippen molar-refractivity contribution in [3.05, 3.63) is 60.2 Å². The van der Waals surface area contributed by atoms with Crippen molar-refractivity contribution in [3.63, 3.8) is 0 Å². The Morgan fingerprint density at radius 1 is 0.957 bits per heavy atom. The summed E-state index contributed by atoms with van der Waals surface area (Å²) in [6, 6.07) is 18.1. The van der Waals surface area contributed by atoms with E-state index in [2.05, 4.69) is 41.2 Å². The fraction of sp³-hybridized carbons (Fsp3) is 0.111. The lowest BCUT2D eigenvalue weighted by Crippen LogP contribution is -3.00. The first-order valence-corrected chi connectivity index (χ1v) is 7.07. The zero-order valence-electron chi connectivity index (χ0n) is 13.0. The van der Waals surface area contributed by atoms with E-state index in [1.807, 2.05) is 30.3 Å². The van der Waals surface area contributed by atoms with Gasteiger partial charge < -0.3 is 17.1 Å². The second-order valence-electron chi connectivity index (χ2n) is 5.16. The van der Waals surface area contributed by atoms with Crippen LogP contribution in [0.5, 0.6) is 5.75 Å². The Morgan fingerprint density at radius 2 is 1.57 bits per heavy atom. The Morgan fingerprint density at radius 3 is 2.17 bits per heavy atom. The summed E-state index contributed by atoms with van der Waals surface area (Å²) in [4.78, 5) is 7.50. The molecule has 1 aromatic heterocycles. The first kappa shape index (κ1) is 16.8. The average molecular weight is 328 g/mol. The average Bonchev–Trinajstić information content (AvgIpc) is 2.55. The van der Waals surface area contributed by atoms with Gasteiger partial charge in [-0.15, -0.1) is 0 Å². The second-order valence-corrected chi connectivity index (χ2v) is 5.16. The first-order chi connectivity index (χ1) is 10.7. The Labute approximate surface area is 141 Å². The SMILES string of the molecule is COc1ccc(-c2cc(-c3ccc(C)cc3)nc(N)[nH+]2)cc1.[Cl-]. The molecule has 0 fully saturated rings. The maximum Gasteiger partial charge on any atom is 0.387 e. The fourth-order valence-electron chi connectivity index (χ4n) is 2.30. The third-order valence-corrected chi connectivity index (χ3v) is 3.53.